The van der Waals surface area contributed by atoms with Gasteiger partial charge in [0.25, 0.3) is 0 Å². The summed E-state index contributed by atoms with van der Waals surface area (Å²) in [6.45, 7) is 5.36. The van der Waals surface area contributed by atoms with Gasteiger partial charge in [-0.25, -0.2) is 4.79 Å². The highest BCUT2D eigenvalue weighted by Crippen LogP contribution is 2.30. The standard InChI is InChI=1S/C12H16ClNO3/c1-12(2,3)17-11(15)7-5-10(16-4)8(13)6-9(7)14/h5-6H,14H2,1-4H3. The number of nitrogens with two attached hydrogens (primary N) is 1. The van der Waals surface area contributed by atoms with Crippen molar-refractivity contribution in [2.45, 2.75) is 26.4 Å². The van der Waals surface area contributed by atoms with Crippen LogP contribution in [0, 0.1) is 0 Å². The average Bonchev–Trinajstić information content (AvgIpc) is 2.14. The Morgan fingerprint density at radius 1 is 1.35 bits per heavy atom. The molecule has 0 spiro atoms. The number of hydrogen-bond donors (Lipinski definition) is 1. The largest absolute Gasteiger partial charge is 0.495 e. The van der Waals surface area contributed by atoms with Crippen LogP contribution in [0.5, 0.6) is 5.75 Å². The quantitative estimate of drug-likeness (QED) is 0.654. The molecule has 94 valence electrons. The molecule has 0 aliphatic carbocycles. The van der Waals surface area contributed by atoms with Gasteiger partial charge in [-0.15, -0.1) is 0 Å². The predicted molar refractivity (Wildman–Crippen MR) is 67.6 cm³/mol. The molecule has 0 bridgehead atoms. The summed E-state index contributed by atoms with van der Waals surface area (Å²) in [6, 6.07) is 2.95. The maximum Gasteiger partial charge on any atom is 0.340 e. The Balaban J connectivity index is 3.10. The van der Waals surface area contributed by atoms with E-state index in [1.807, 2.05) is 0 Å². The van der Waals surface area contributed by atoms with Crippen molar-refractivity contribution in [2.75, 3.05) is 12.8 Å². The van der Waals surface area contributed by atoms with E-state index >= 15 is 0 Å². The zero-order valence-corrected chi connectivity index (χ0v) is 11.1. The third kappa shape index (κ3) is 3.53. The summed E-state index contributed by atoms with van der Waals surface area (Å²) in [6.07, 6.45) is 0. The predicted octanol–water partition coefficient (Wildman–Crippen LogP) is 2.89. The maximum absolute atomic E-state index is 11.9. The first kappa shape index (κ1) is 13.6. The van der Waals surface area contributed by atoms with E-state index in [-0.39, 0.29) is 11.3 Å². The van der Waals surface area contributed by atoms with Gasteiger partial charge in [0.2, 0.25) is 0 Å². The third-order valence-electron chi connectivity index (χ3n) is 1.94. The summed E-state index contributed by atoms with van der Waals surface area (Å²) in [5.74, 6) is -0.105. The molecule has 1 aromatic rings. The van der Waals surface area contributed by atoms with Crippen molar-refractivity contribution in [2.24, 2.45) is 0 Å². The molecule has 2 N–H and O–H groups in total. The van der Waals surface area contributed by atoms with Crippen molar-refractivity contribution in [3.8, 4) is 5.75 Å². The molecule has 1 aromatic carbocycles. The molecule has 0 saturated heterocycles. The fourth-order valence-corrected chi connectivity index (χ4v) is 1.48. The number of methoxy groups -OCH3 is 1. The number of benzene rings is 1. The van der Waals surface area contributed by atoms with Gasteiger partial charge in [0.15, 0.2) is 0 Å². The molecule has 1 rings (SSSR count). The van der Waals surface area contributed by atoms with Crippen molar-refractivity contribution in [1.29, 1.82) is 0 Å². The van der Waals surface area contributed by atoms with Gasteiger partial charge in [-0.3, -0.25) is 0 Å². The van der Waals surface area contributed by atoms with Gasteiger partial charge < -0.3 is 15.2 Å². The molecule has 0 atom stereocenters. The second-order valence-corrected chi connectivity index (χ2v) is 4.98. The van der Waals surface area contributed by atoms with Crippen LogP contribution >= 0.6 is 11.6 Å². The summed E-state index contributed by atoms with van der Waals surface area (Å²) in [5.41, 5.74) is 5.67. The van der Waals surface area contributed by atoms with E-state index in [1.165, 1.54) is 19.2 Å². The van der Waals surface area contributed by atoms with Crippen molar-refractivity contribution in [3.63, 3.8) is 0 Å². The molecule has 4 nitrogen and oxygen atoms in total. The van der Waals surface area contributed by atoms with Crippen LogP contribution in [0.15, 0.2) is 12.1 Å². The molecule has 0 aliphatic heterocycles. The van der Waals surface area contributed by atoms with Crippen LogP contribution in [-0.4, -0.2) is 18.7 Å². The lowest BCUT2D eigenvalue weighted by Gasteiger charge is -2.20. The number of ether oxygens (including phenoxy) is 2. The van der Waals surface area contributed by atoms with Crippen LogP contribution in [0.2, 0.25) is 5.02 Å². The van der Waals surface area contributed by atoms with Crippen LogP contribution in [-0.2, 0) is 4.74 Å². The molecule has 0 radical (unpaired) electrons. The zero-order valence-electron chi connectivity index (χ0n) is 10.3. The number of esters is 1. The third-order valence-corrected chi connectivity index (χ3v) is 2.24. The van der Waals surface area contributed by atoms with Gasteiger partial charge in [0.05, 0.1) is 17.7 Å². The monoisotopic (exact) mass is 257 g/mol. The second-order valence-electron chi connectivity index (χ2n) is 4.58. The molecule has 5 heteroatoms. The summed E-state index contributed by atoms with van der Waals surface area (Å²) in [7, 11) is 1.47. The Kier molecular flexibility index (Phi) is 3.88. The van der Waals surface area contributed by atoms with Crippen LogP contribution in [0.1, 0.15) is 31.1 Å². The van der Waals surface area contributed by atoms with E-state index in [4.69, 9.17) is 26.8 Å². The molecule has 0 aliphatic rings. The summed E-state index contributed by atoms with van der Waals surface area (Å²) in [5, 5.41) is 0.359. The van der Waals surface area contributed by atoms with Crippen LogP contribution in [0.25, 0.3) is 0 Å². The highest BCUT2D eigenvalue weighted by Gasteiger charge is 2.21. The number of halogens is 1. The Morgan fingerprint density at radius 3 is 2.41 bits per heavy atom. The van der Waals surface area contributed by atoms with E-state index in [0.29, 0.717) is 10.8 Å². The maximum atomic E-state index is 11.9. The number of carbonyl (C=O) groups is 1. The fraction of sp³-hybridized carbons (Fsp3) is 0.417. The minimum absolute atomic E-state index is 0.251. The molecule has 0 fully saturated rings. The van der Waals surface area contributed by atoms with Crippen molar-refractivity contribution >= 4 is 23.3 Å². The Labute approximate surface area is 106 Å². The van der Waals surface area contributed by atoms with Gasteiger partial charge in [-0.2, -0.15) is 0 Å². The van der Waals surface area contributed by atoms with E-state index in [2.05, 4.69) is 0 Å². The average molecular weight is 258 g/mol. The Morgan fingerprint density at radius 2 is 1.94 bits per heavy atom. The van der Waals surface area contributed by atoms with E-state index < -0.39 is 11.6 Å². The summed E-state index contributed by atoms with van der Waals surface area (Å²) >= 11 is 5.88. The Hall–Kier alpha value is -1.42. The molecular formula is C12H16ClNO3. The normalized spacial score (nSPS) is 11.1. The van der Waals surface area contributed by atoms with E-state index in [9.17, 15) is 4.79 Å². The molecule has 17 heavy (non-hydrogen) atoms. The smallest absolute Gasteiger partial charge is 0.340 e. The number of anilines is 1. The first-order chi connectivity index (χ1) is 7.74. The van der Waals surface area contributed by atoms with E-state index in [0.717, 1.165) is 0 Å². The van der Waals surface area contributed by atoms with Gasteiger partial charge in [0, 0.05) is 5.69 Å². The van der Waals surface area contributed by atoms with Crippen molar-refractivity contribution in [3.05, 3.63) is 22.7 Å². The SMILES string of the molecule is COc1cc(C(=O)OC(C)(C)C)c(N)cc1Cl. The highest BCUT2D eigenvalue weighted by molar-refractivity contribution is 6.32. The van der Waals surface area contributed by atoms with Crippen molar-refractivity contribution < 1.29 is 14.3 Å². The van der Waals surface area contributed by atoms with Crippen LogP contribution in [0.4, 0.5) is 5.69 Å². The van der Waals surface area contributed by atoms with Crippen LogP contribution < -0.4 is 10.5 Å². The lowest BCUT2D eigenvalue weighted by Crippen LogP contribution is -2.24. The zero-order chi connectivity index (χ0) is 13.2. The first-order valence-corrected chi connectivity index (χ1v) is 5.49. The van der Waals surface area contributed by atoms with Gasteiger partial charge >= 0.3 is 5.97 Å². The molecule has 0 amide bonds. The topological polar surface area (TPSA) is 61.5 Å². The Bertz CT molecular complexity index is 438. The highest BCUT2D eigenvalue weighted by atomic mass is 35.5. The molecular weight excluding hydrogens is 242 g/mol. The summed E-state index contributed by atoms with van der Waals surface area (Å²) < 4.78 is 10.3. The van der Waals surface area contributed by atoms with Crippen LogP contribution in [0.3, 0.4) is 0 Å². The molecule has 0 unspecified atom stereocenters. The molecule has 0 saturated carbocycles. The lowest BCUT2D eigenvalue weighted by molar-refractivity contribution is 0.00705. The summed E-state index contributed by atoms with van der Waals surface area (Å²) in [4.78, 5) is 11.9. The van der Waals surface area contributed by atoms with Gasteiger partial charge in [0.1, 0.15) is 11.4 Å². The number of nitrogen functional groups attached to an aromatic ring is 1. The second kappa shape index (κ2) is 4.84. The van der Waals surface area contributed by atoms with Gasteiger partial charge in [-0.1, -0.05) is 11.6 Å². The molecule has 0 aromatic heterocycles. The first-order valence-electron chi connectivity index (χ1n) is 5.11. The van der Waals surface area contributed by atoms with Crippen molar-refractivity contribution in [1.82, 2.24) is 0 Å². The minimum Gasteiger partial charge on any atom is -0.495 e. The van der Waals surface area contributed by atoms with Gasteiger partial charge in [-0.05, 0) is 32.9 Å². The fourth-order valence-electron chi connectivity index (χ4n) is 1.24. The molecule has 0 heterocycles. The van der Waals surface area contributed by atoms with E-state index in [1.54, 1.807) is 20.8 Å². The number of carbonyl (C=O) groups excluding carboxylic acids is 1. The lowest BCUT2D eigenvalue weighted by atomic mass is 10.1. The minimum atomic E-state index is -0.573. The number of hydrogen-bond acceptors (Lipinski definition) is 4. The number of rotatable bonds is 2.